The fraction of sp³-hybridized carbons (Fsp3) is 0.500. The zero-order valence-corrected chi connectivity index (χ0v) is 11.7. The minimum atomic E-state index is -0.0264. The predicted molar refractivity (Wildman–Crippen MR) is 77.1 cm³/mol. The Labute approximate surface area is 113 Å². The first-order valence-electron chi connectivity index (χ1n) is 6.40. The predicted octanol–water partition coefficient (Wildman–Crippen LogP) is 2.88. The normalized spacial score (nSPS) is 23.0. The number of rotatable bonds is 4. The van der Waals surface area contributed by atoms with Crippen molar-refractivity contribution in [2.24, 2.45) is 0 Å². The van der Waals surface area contributed by atoms with E-state index in [-0.39, 0.29) is 5.91 Å². The van der Waals surface area contributed by atoms with Gasteiger partial charge < -0.3 is 10.6 Å². The number of carbonyl (C=O) groups is 1. The van der Waals surface area contributed by atoms with Crippen LogP contribution in [0.15, 0.2) is 29.2 Å². The minimum Gasteiger partial charge on any atom is -0.326 e. The van der Waals surface area contributed by atoms with E-state index in [0.717, 1.165) is 5.69 Å². The zero-order chi connectivity index (χ0) is 13.0. The molecule has 1 amide bonds. The molecule has 0 bridgehead atoms. The molecular weight excluding hydrogens is 244 g/mol. The largest absolute Gasteiger partial charge is 0.326 e. The summed E-state index contributed by atoms with van der Waals surface area (Å²) in [4.78, 5) is 12.2. The molecule has 0 radical (unpaired) electrons. The lowest BCUT2D eigenvalue weighted by molar-refractivity contribution is -0.114. The fourth-order valence-electron chi connectivity index (χ4n) is 2.39. The van der Waals surface area contributed by atoms with Crippen molar-refractivity contribution in [1.29, 1.82) is 0 Å². The molecule has 1 fully saturated rings. The highest BCUT2D eigenvalue weighted by atomic mass is 32.2. The summed E-state index contributed by atoms with van der Waals surface area (Å²) in [5.41, 5.74) is 0.864. The molecule has 18 heavy (non-hydrogen) atoms. The Kier molecular flexibility index (Phi) is 4.66. The van der Waals surface area contributed by atoms with Crippen LogP contribution in [-0.4, -0.2) is 24.2 Å². The van der Waals surface area contributed by atoms with Crippen LogP contribution in [0.3, 0.4) is 0 Å². The molecule has 2 atom stereocenters. The second-order valence-corrected chi connectivity index (χ2v) is 6.00. The van der Waals surface area contributed by atoms with Crippen molar-refractivity contribution in [3.05, 3.63) is 24.3 Å². The van der Waals surface area contributed by atoms with Gasteiger partial charge in [-0.15, -0.1) is 11.8 Å². The molecule has 1 saturated carbocycles. The molecule has 2 rings (SSSR count). The van der Waals surface area contributed by atoms with E-state index < -0.39 is 0 Å². The van der Waals surface area contributed by atoms with Gasteiger partial charge in [0.25, 0.3) is 0 Å². The van der Waals surface area contributed by atoms with E-state index in [1.165, 1.54) is 31.1 Å². The first-order valence-corrected chi connectivity index (χ1v) is 7.28. The van der Waals surface area contributed by atoms with Gasteiger partial charge in [-0.05, 0) is 44.2 Å². The molecule has 98 valence electrons. The Bertz CT molecular complexity index is 405. The number of hydrogen-bond donors (Lipinski definition) is 2. The Balaban J connectivity index is 1.95. The number of thioether (sulfide) groups is 1. The molecule has 0 aromatic heterocycles. The third-order valence-electron chi connectivity index (χ3n) is 3.29. The van der Waals surface area contributed by atoms with Crippen molar-refractivity contribution in [3.8, 4) is 0 Å². The van der Waals surface area contributed by atoms with E-state index in [9.17, 15) is 4.79 Å². The van der Waals surface area contributed by atoms with Gasteiger partial charge in [0.15, 0.2) is 0 Å². The third kappa shape index (κ3) is 3.50. The first-order chi connectivity index (χ1) is 8.69. The summed E-state index contributed by atoms with van der Waals surface area (Å²) in [6.45, 7) is 1.53. The Morgan fingerprint density at radius 3 is 2.61 bits per heavy atom. The standard InChI is InChI=1S/C14H20N2OS/c1-10(17)16-11-6-8-12(9-7-11)18-14-5-3-4-13(14)15-2/h6-9,13-15H,3-5H2,1-2H3,(H,16,17). The van der Waals surface area contributed by atoms with E-state index in [4.69, 9.17) is 0 Å². The molecular formula is C14H20N2OS. The molecule has 3 nitrogen and oxygen atoms in total. The van der Waals surface area contributed by atoms with Gasteiger partial charge in [-0.2, -0.15) is 0 Å². The summed E-state index contributed by atoms with van der Waals surface area (Å²) in [6.07, 6.45) is 3.87. The first kappa shape index (κ1) is 13.4. The highest BCUT2D eigenvalue weighted by molar-refractivity contribution is 8.00. The van der Waals surface area contributed by atoms with E-state index in [0.29, 0.717) is 11.3 Å². The summed E-state index contributed by atoms with van der Waals surface area (Å²) in [7, 11) is 2.05. The number of carbonyl (C=O) groups excluding carboxylic acids is 1. The van der Waals surface area contributed by atoms with Gasteiger partial charge in [-0.1, -0.05) is 6.42 Å². The molecule has 1 aromatic carbocycles. The van der Waals surface area contributed by atoms with Crippen molar-refractivity contribution in [2.75, 3.05) is 12.4 Å². The smallest absolute Gasteiger partial charge is 0.221 e. The number of anilines is 1. The molecule has 0 saturated heterocycles. The molecule has 2 N–H and O–H groups in total. The second kappa shape index (κ2) is 6.25. The van der Waals surface area contributed by atoms with Crippen LogP contribution in [0.5, 0.6) is 0 Å². The maximum atomic E-state index is 10.9. The molecule has 1 aliphatic rings. The Hall–Kier alpha value is -1.00. The molecule has 0 heterocycles. The van der Waals surface area contributed by atoms with Crippen molar-refractivity contribution in [3.63, 3.8) is 0 Å². The lowest BCUT2D eigenvalue weighted by Crippen LogP contribution is -2.30. The molecule has 1 aliphatic carbocycles. The maximum Gasteiger partial charge on any atom is 0.221 e. The lowest BCUT2D eigenvalue weighted by atomic mass is 10.2. The highest BCUT2D eigenvalue weighted by Gasteiger charge is 2.26. The van der Waals surface area contributed by atoms with E-state index in [1.807, 2.05) is 30.9 Å². The van der Waals surface area contributed by atoms with Gasteiger partial charge in [0.1, 0.15) is 0 Å². The van der Waals surface area contributed by atoms with Gasteiger partial charge in [-0.3, -0.25) is 4.79 Å². The van der Waals surface area contributed by atoms with Crippen LogP contribution in [0.1, 0.15) is 26.2 Å². The van der Waals surface area contributed by atoms with Crippen LogP contribution >= 0.6 is 11.8 Å². The summed E-state index contributed by atoms with van der Waals surface area (Å²) >= 11 is 1.94. The number of amides is 1. The van der Waals surface area contributed by atoms with Crippen molar-refractivity contribution in [1.82, 2.24) is 5.32 Å². The van der Waals surface area contributed by atoms with Crippen LogP contribution in [-0.2, 0) is 4.79 Å². The average molecular weight is 264 g/mol. The highest BCUT2D eigenvalue weighted by Crippen LogP contribution is 2.35. The van der Waals surface area contributed by atoms with Gasteiger partial charge >= 0.3 is 0 Å². The zero-order valence-electron chi connectivity index (χ0n) is 10.9. The third-order valence-corrected chi connectivity index (χ3v) is 4.70. The second-order valence-electron chi connectivity index (χ2n) is 4.69. The van der Waals surface area contributed by atoms with Gasteiger partial charge in [0.05, 0.1) is 0 Å². The Morgan fingerprint density at radius 1 is 1.28 bits per heavy atom. The molecule has 2 unspecified atom stereocenters. The summed E-state index contributed by atoms with van der Waals surface area (Å²) in [5, 5.41) is 6.85. The number of hydrogen-bond acceptors (Lipinski definition) is 3. The molecule has 0 aliphatic heterocycles. The summed E-state index contributed by atoms with van der Waals surface area (Å²) in [6, 6.07) is 8.73. The minimum absolute atomic E-state index is 0.0264. The lowest BCUT2D eigenvalue weighted by Gasteiger charge is -2.18. The SMILES string of the molecule is CNC1CCCC1Sc1ccc(NC(C)=O)cc1. The maximum absolute atomic E-state index is 10.9. The van der Waals surface area contributed by atoms with E-state index in [2.05, 4.69) is 22.8 Å². The quantitative estimate of drug-likeness (QED) is 0.878. The summed E-state index contributed by atoms with van der Waals surface area (Å²) in [5.74, 6) is -0.0264. The van der Waals surface area contributed by atoms with E-state index in [1.54, 1.807) is 0 Å². The molecule has 0 spiro atoms. The van der Waals surface area contributed by atoms with Gasteiger partial charge in [-0.25, -0.2) is 0 Å². The van der Waals surface area contributed by atoms with Crippen LogP contribution in [0.2, 0.25) is 0 Å². The summed E-state index contributed by atoms with van der Waals surface area (Å²) < 4.78 is 0. The number of nitrogens with one attached hydrogen (secondary N) is 2. The van der Waals surface area contributed by atoms with Crippen LogP contribution < -0.4 is 10.6 Å². The topological polar surface area (TPSA) is 41.1 Å². The average Bonchev–Trinajstić information content (AvgIpc) is 2.78. The van der Waals surface area contributed by atoms with E-state index >= 15 is 0 Å². The fourth-order valence-corrected chi connectivity index (χ4v) is 3.76. The van der Waals surface area contributed by atoms with Crippen molar-refractivity contribution in [2.45, 2.75) is 42.4 Å². The Morgan fingerprint density at radius 2 is 2.00 bits per heavy atom. The molecule has 1 aromatic rings. The van der Waals surface area contributed by atoms with Crippen LogP contribution in [0.25, 0.3) is 0 Å². The van der Waals surface area contributed by atoms with Crippen LogP contribution in [0.4, 0.5) is 5.69 Å². The van der Waals surface area contributed by atoms with Crippen LogP contribution in [0, 0.1) is 0 Å². The van der Waals surface area contributed by atoms with Gasteiger partial charge in [0, 0.05) is 28.8 Å². The van der Waals surface area contributed by atoms with Gasteiger partial charge in [0.2, 0.25) is 5.91 Å². The number of benzene rings is 1. The van der Waals surface area contributed by atoms with Crippen molar-refractivity contribution >= 4 is 23.4 Å². The van der Waals surface area contributed by atoms with Crippen molar-refractivity contribution < 1.29 is 4.79 Å². The molecule has 4 heteroatoms. The monoisotopic (exact) mass is 264 g/mol.